The second kappa shape index (κ2) is 6.80. The van der Waals surface area contributed by atoms with Gasteiger partial charge in [0.15, 0.2) is 0 Å². The van der Waals surface area contributed by atoms with E-state index in [2.05, 4.69) is 17.1 Å². The lowest BCUT2D eigenvalue weighted by molar-refractivity contribution is -0.148. The number of rotatable bonds is 7. The van der Waals surface area contributed by atoms with Gasteiger partial charge in [-0.25, -0.2) is 0 Å². The number of hydrogen-bond acceptors (Lipinski definition) is 4. The van der Waals surface area contributed by atoms with Crippen LogP contribution >= 0.6 is 0 Å². The first-order valence-corrected chi connectivity index (χ1v) is 5.44. The van der Waals surface area contributed by atoms with E-state index >= 15 is 0 Å². The molecule has 0 bridgehead atoms. The van der Waals surface area contributed by atoms with Crippen molar-refractivity contribution in [1.82, 2.24) is 10.2 Å². The van der Waals surface area contributed by atoms with E-state index in [-0.39, 0.29) is 5.97 Å². The molecule has 1 N–H and O–H groups in total. The molecular formula is C11H24N2O2. The molecule has 0 saturated heterocycles. The van der Waals surface area contributed by atoms with Crippen molar-refractivity contribution in [2.75, 3.05) is 34.3 Å². The molecule has 15 heavy (non-hydrogen) atoms. The molecule has 0 heterocycles. The molecule has 0 aromatic rings. The first kappa shape index (κ1) is 14.4. The lowest BCUT2D eigenvalue weighted by atomic mass is 9.96. The van der Waals surface area contributed by atoms with Gasteiger partial charge in [-0.05, 0) is 27.4 Å². The summed E-state index contributed by atoms with van der Waals surface area (Å²) >= 11 is 0. The van der Waals surface area contributed by atoms with Crippen molar-refractivity contribution >= 4 is 5.97 Å². The second-order valence-corrected chi connectivity index (χ2v) is 4.30. The molecule has 1 unspecified atom stereocenters. The fraction of sp³-hybridized carbons (Fsp3) is 0.909. The highest BCUT2D eigenvalue weighted by Crippen LogP contribution is 2.13. The van der Waals surface area contributed by atoms with Gasteiger partial charge in [-0.2, -0.15) is 0 Å². The van der Waals surface area contributed by atoms with Gasteiger partial charge in [0, 0.05) is 13.1 Å². The zero-order valence-corrected chi connectivity index (χ0v) is 10.6. The summed E-state index contributed by atoms with van der Waals surface area (Å²) in [5.74, 6) is -0.178. The molecule has 0 saturated carbocycles. The maximum Gasteiger partial charge on any atom is 0.325 e. The molecule has 0 radical (unpaired) electrons. The van der Waals surface area contributed by atoms with E-state index in [4.69, 9.17) is 4.74 Å². The molecule has 0 rings (SSSR count). The molecule has 0 aliphatic carbocycles. The molecule has 90 valence electrons. The third-order valence-corrected chi connectivity index (χ3v) is 2.46. The average Bonchev–Trinajstić information content (AvgIpc) is 2.16. The third kappa shape index (κ3) is 5.14. The minimum Gasteiger partial charge on any atom is -0.468 e. The van der Waals surface area contributed by atoms with Crippen molar-refractivity contribution in [2.45, 2.75) is 32.2 Å². The topological polar surface area (TPSA) is 41.6 Å². The summed E-state index contributed by atoms with van der Waals surface area (Å²) in [7, 11) is 5.46. The zero-order chi connectivity index (χ0) is 11.9. The maximum atomic E-state index is 11.6. The van der Waals surface area contributed by atoms with E-state index in [1.54, 1.807) is 0 Å². The van der Waals surface area contributed by atoms with Crippen LogP contribution in [0.25, 0.3) is 0 Å². The molecule has 1 atom stereocenters. The van der Waals surface area contributed by atoms with Crippen LogP contribution in [0.1, 0.15) is 26.7 Å². The van der Waals surface area contributed by atoms with Crippen molar-refractivity contribution in [2.24, 2.45) is 0 Å². The predicted octanol–water partition coefficient (Wildman–Crippen LogP) is 0.869. The van der Waals surface area contributed by atoms with Gasteiger partial charge < -0.3 is 15.0 Å². The maximum absolute atomic E-state index is 11.6. The lowest BCUT2D eigenvalue weighted by Crippen LogP contribution is -2.51. The fourth-order valence-electron chi connectivity index (χ4n) is 1.54. The van der Waals surface area contributed by atoms with Gasteiger partial charge in [-0.15, -0.1) is 0 Å². The van der Waals surface area contributed by atoms with Crippen LogP contribution in [0.5, 0.6) is 0 Å². The van der Waals surface area contributed by atoms with Gasteiger partial charge >= 0.3 is 5.97 Å². The molecule has 0 aromatic carbocycles. The minimum absolute atomic E-state index is 0.178. The van der Waals surface area contributed by atoms with Crippen LogP contribution in [-0.4, -0.2) is 50.7 Å². The Morgan fingerprint density at radius 2 is 2.07 bits per heavy atom. The number of carbonyl (C=O) groups is 1. The fourth-order valence-corrected chi connectivity index (χ4v) is 1.54. The number of ether oxygens (including phenoxy) is 1. The Labute approximate surface area is 93.0 Å². The lowest BCUT2D eigenvalue weighted by Gasteiger charge is -2.28. The van der Waals surface area contributed by atoms with E-state index in [0.717, 1.165) is 25.9 Å². The normalized spacial score (nSPS) is 15.1. The Bertz CT molecular complexity index is 195. The molecular weight excluding hydrogens is 192 g/mol. The van der Waals surface area contributed by atoms with Crippen LogP contribution in [0, 0.1) is 0 Å². The number of nitrogens with zero attached hydrogens (tertiary/aromatic N) is 1. The number of esters is 1. The highest BCUT2D eigenvalue weighted by Gasteiger charge is 2.32. The highest BCUT2D eigenvalue weighted by molar-refractivity contribution is 5.80. The molecule has 0 spiro atoms. The Balaban J connectivity index is 4.19. The SMILES string of the molecule is CCCC(C)(NCCN(C)C)C(=O)OC. The molecule has 0 fully saturated rings. The third-order valence-electron chi connectivity index (χ3n) is 2.46. The van der Waals surface area contributed by atoms with E-state index in [1.807, 2.05) is 21.0 Å². The van der Waals surface area contributed by atoms with Crippen molar-refractivity contribution < 1.29 is 9.53 Å². The molecule has 0 aromatic heterocycles. The standard InChI is InChI=1S/C11H24N2O2/c1-6-7-11(2,10(14)15-5)12-8-9-13(3)4/h12H,6-9H2,1-5H3. The van der Waals surface area contributed by atoms with Crippen LogP contribution < -0.4 is 5.32 Å². The monoisotopic (exact) mass is 216 g/mol. The Hall–Kier alpha value is -0.610. The number of carbonyl (C=O) groups excluding carboxylic acids is 1. The Kier molecular flexibility index (Phi) is 6.52. The molecule has 4 nitrogen and oxygen atoms in total. The van der Waals surface area contributed by atoms with E-state index in [0.29, 0.717) is 0 Å². The molecule has 4 heteroatoms. The molecule has 0 aliphatic heterocycles. The number of methoxy groups -OCH3 is 1. The number of hydrogen-bond donors (Lipinski definition) is 1. The Morgan fingerprint density at radius 1 is 1.47 bits per heavy atom. The van der Waals surface area contributed by atoms with Crippen molar-refractivity contribution in [3.8, 4) is 0 Å². The van der Waals surface area contributed by atoms with Gasteiger partial charge in [-0.1, -0.05) is 13.3 Å². The van der Waals surface area contributed by atoms with Crippen molar-refractivity contribution in [3.63, 3.8) is 0 Å². The largest absolute Gasteiger partial charge is 0.468 e. The van der Waals surface area contributed by atoms with Gasteiger partial charge in [-0.3, -0.25) is 4.79 Å². The molecule has 0 aliphatic rings. The Morgan fingerprint density at radius 3 is 2.47 bits per heavy atom. The van der Waals surface area contributed by atoms with Crippen molar-refractivity contribution in [1.29, 1.82) is 0 Å². The van der Waals surface area contributed by atoms with E-state index in [9.17, 15) is 4.79 Å². The first-order chi connectivity index (χ1) is 6.96. The van der Waals surface area contributed by atoms with Crippen LogP contribution in [0.15, 0.2) is 0 Å². The van der Waals surface area contributed by atoms with Gasteiger partial charge in [0.2, 0.25) is 0 Å². The van der Waals surface area contributed by atoms with E-state index in [1.165, 1.54) is 7.11 Å². The quantitative estimate of drug-likeness (QED) is 0.641. The predicted molar refractivity (Wildman–Crippen MR) is 61.9 cm³/mol. The van der Waals surface area contributed by atoms with Gasteiger partial charge in [0.05, 0.1) is 7.11 Å². The van der Waals surface area contributed by atoms with Crippen LogP contribution in [-0.2, 0) is 9.53 Å². The molecule has 0 amide bonds. The zero-order valence-electron chi connectivity index (χ0n) is 10.6. The smallest absolute Gasteiger partial charge is 0.325 e. The van der Waals surface area contributed by atoms with Crippen LogP contribution in [0.4, 0.5) is 0 Å². The minimum atomic E-state index is -0.542. The summed E-state index contributed by atoms with van der Waals surface area (Å²) in [6, 6.07) is 0. The summed E-state index contributed by atoms with van der Waals surface area (Å²) in [6.45, 7) is 5.67. The summed E-state index contributed by atoms with van der Waals surface area (Å²) < 4.78 is 4.81. The first-order valence-electron chi connectivity index (χ1n) is 5.44. The summed E-state index contributed by atoms with van der Waals surface area (Å²) in [4.78, 5) is 13.7. The van der Waals surface area contributed by atoms with E-state index < -0.39 is 5.54 Å². The van der Waals surface area contributed by atoms with Crippen LogP contribution in [0.3, 0.4) is 0 Å². The number of nitrogens with one attached hydrogen (secondary N) is 1. The van der Waals surface area contributed by atoms with Crippen LogP contribution in [0.2, 0.25) is 0 Å². The number of likely N-dealkylation sites (N-methyl/N-ethyl adjacent to an activating group) is 1. The van der Waals surface area contributed by atoms with Crippen molar-refractivity contribution in [3.05, 3.63) is 0 Å². The summed E-state index contributed by atoms with van der Waals surface area (Å²) in [5.41, 5.74) is -0.542. The second-order valence-electron chi connectivity index (χ2n) is 4.30. The summed E-state index contributed by atoms with van der Waals surface area (Å²) in [6.07, 6.45) is 1.76. The summed E-state index contributed by atoms with van der Waals surface area (Å²) in [5, 5.41) is 3.26. The van der Waals surface area contributed by atoms with Gasteiger partial charge in [0.25, 0.3) is 0 Å². The van der Waals surface area contributed by atoms with Gasteiger partial charge in [0.1, 0.15) is 5.54 Å². The highest BCUT2D eigenvalue weighted by atomic mass is 16.5. The average molecular weight is 216 g/mol.